The monoisotopic (exact) mass is 309 g/mol. The number of carbonyl (C=O) groups is 1. The number of aromatic nitrogens is 4. The van der Waals surface area contributed by atoms with Crippen molar-refractivity contribution in [2.45, 2.75) is 33.0 Å². The van der Waals surface area contributed by atoms with Crippen molar-refractivity contribution >= 4 is 34.6 Å². The van der Waals surface area contributed by atoms with Gasteiger partial charge < -0.3 is 9.72 Å². The van der Waals surface area contributed by atoms with Crippen LogP contribution in [-0.4, -0.2) is 38.1 Å². The van der Waals surface area contributed by atoms with Crippen molar-refractivity contribution < 1.29 is 9.53 Å². The largest absolute Gasteiger partial charge is 0.374 e. The van der Waals surface area contributed by atoms with Gasteiger partial charge in [-0.05, 0) is 19.8 Å². The Balaban J connectivity index is 1.83. The predicted molar refractivity (Wildman–Crippen MR) is 78.0 cm³/mol. The first-order chi connectivity index (χ1) is 9.97. The van der Waals surface area contributed by atoms with Gasteiger partial charge in [0.2, 0.25) is 11.9 Å². The number of nitrogens with one attached hydrogen (secondary N) is 2. The molecule has 7 nitrogen and oxygen atoms in total. The van der Waals surface area contributed by atoms with Crippen LogP contribution < -0.4 is 5.32 Å². The molecule has 2 aromatic rings. The summed E-state index contributed by atoms with van der Waals surface area (Å²) in [4.78, 5) is 27.5. The van der Waals surface area contributed by atoms with Crippen LogP contribution in [0.4, 0.5) is 5.95 Å². The van der Waals surface area contributed by atoms with E-state index in [0.29, 0.717) is 11.2 Å². The maximum Gasteiger partial charge on any atom is 0.233 e. The lowest BCUT2D eigenvalue weighted by atomic mass is 9.89. The lowest BCUT2D eigenvalue weighted by Crippen LogP contribution is -2.32. The number of fused-ring (bicyclic) bond motifs is 1. The zero-order valence-electron chi connectivity index (χ0n) is 11.9. The lowest BCUT2D eigenvalue weighted by molar-refractivity contribution is -0.122. The van der Waals surface area contributed by atoms with E-state index in [1.54, 1.807) is 0 Å². The first-order valence-electron chi connectivity index (χ1n) is 6.80. The van der Waals surface area contributed by atoms with Crippen molar-refractivity contribution in [3.05, 3.63) is 11.5 Å². The molecule has 1 fully saturated rings. The molecule has 2 N–H and O–H groups in total. The Labute approximate surface area is 126 Å². The minimum Gasteiger partial charge on any atom is -0.374 e. The molecule has 112 valence electrons. The SMILES string of the molecule is CC1OC(C)C(C(=O)Nc2nc(Cl)c3[nH]cnc3n2)C1C. The molecule has 1 aliphatic rings. The molecule has 2 aromatic heterocycles. The molecule has 0 bridgehead atoms. The summed E-state index contributed by atoms with van der Waals surface area (Å²) in [5, 5.41) is 2.94. The van der Waals surface area contributed by atoms with E-state index in [1.165, 1.54) is 6.33 Å². The topological polar surface area (TPSA) is 92.8 Å². The molecular weight excluding hydrogens is 294 g/mol. The predicted octanol–water partition coefficient (Wildman–Crippen LogP) is 2.00. The number of hydrogen-bond donors (Lipinski definition) is 2. The highest BCUT2D eigenvalue weighted by Gasteiger charge is 2.41. The van der Waals surface area contributed by atoms with Crippen LogP contribution in [0.3, 0.4) is 0 Å². The van der Waals surface area contributed by atoms with Gasteiger partial charge in [0.05, 0.1) is 24.5 Å². The minimum atomic E-state index is -0.239. The van der Waals surface area contributed by atoms with Crippen LogP contribution in [0.1, 0.15) is 20.8 Å². The summed E-state index contributed by atoms with van der Waals surface area (Å²) in [6, 6.07) is 0. The molecule has 0 saturated carbocycles. The fourth-order valence-corrected chi connectivity index (χ4v) is 2.98. The van der Waals surface area contributed by atoms with Gasteiger partial charge in [0.15, 0.2) is 10.8 Å². The molecule has 3 heterocycles. The summed E-state index contributed by atoms with van der Waals surface area (Å²) < 4.78 is 5.68. The molecule has 0 aliphatic carbocycles. The van der Waals surface area contributed by atoms with E-state index in [2.05, 4.69) is 25.3 Å². The summed E-state index contributed by atoms with van der Waals surface area (Å²) in [6.45, 7) is 5.87. The maximum atomic E-state index is 12.4. The van der Waals surface area contributed by atoms with Crippen molar-refractivity contribution in [2.24, 2.45) is 11.8 Å². The van der Waals surface area contributed by atoms with Gasteiger partial charge in [0.1, 0.15) is 5.52 Å². The molecule has 0 radical (unpaired) electrons. The fourth-order valence-electron chi connectivity index (χ4n) is 2.77. The summed E-state index contributed by atoms with van der Waals surface area (Å²) in [7, 11) is 0. The normalized spacial score (nSPS) is 29.0. The number of ether oxygens (including phenoxy) is 1. The van der Waals surface area contributed by atoms with E-state index in [0.717, 1.165) is 0 Å². The van der Waals surface area contributed by atoms with Gasteiger partial charge in [-0.2, -0.15) is 9.97 Å². The van der Waals surface area contributed by atoms with Crippen LogP contribution in [0.2, 0.25) is 5.15 Å². The van der Waals surface area contributed by atoms with Gasteiger partial charge in [0.25, 0.3) is 0 Å². The van der Waals surface area contributed by atoms with Gasteiger partial charge in [-0.25, -0.2) is 4.98 Å². The highest BCUT2D eigenvalue weighted by Crippen LogP contribution is 2.32. The second-order valence-electron chi connectivity index (χ2n) is 5.36. The van der Waals surface area contributed by atoms with E-state index in [-0.39, 0.29) is 41.1 Å². The van der Waals surface area contributed by atoms with Gasteiger partial charge in [-0.1, -0.05) is 18.5 Å². The quantitative estimate of drug-likeness (QED) is 0.828. The first-order valence-corrected chi connectivity index (χ1v) is 7.18. The van der Waals surface area contributed by atoms with Crippen LogP contribution in [0.15, 0.2) is 6.33 Å². The summed E-state index contributed by atoms with van der Waals surface area (Å²) in [5.74, 6) is -0.115. The molecule has 8 heteroatoms. The third-order valence-corrected chi connectivity index (χ3v) is 4.29. The summed E-state index contributed by atoms with van der Waals surface area (Å²) >= 11 is 6.03. The van der Waals surface area contributed by atoms with Crippen LogP contribution in [0.25, 0.3) is 11.2 Å². The average molecular weight is 310 g/mol. The second kappa shape index (κ2) is 5.23. The lowest BCUT2D eigenvalue weighted by Gasteiger charge is -2.17. The smallest absolute Gasteiger partial charge is 0.233 e. The standard InChI is InChI=1S/C13H16ClN5O2/c1-5-6(2)21-7(3)8(5)12(20)19-13-17-10(14)9-11(18-13)16-4-15-9/h4-8H,1-3H3,(H2,15,16,17,18,19,20). The number of aromatic amines is 1. The minimum absolute atomic E-state index is 0.0501. The Kier molecular flexibility index (Phi) is 3.54. The van der Waals surface area contributed by atoms with Crippen LogP contribution in [0, 0.1) is 11.8 Å². The highest BCUT2D eigenvalue weighted by molar-refractivity contribution is 6.33. The summed E-state index contributed by atoms with van der Waals surface area (Å²) in [6.07, 6.45) is 1.39. The molecule has 4 unspecified atom stereocenters. The number of hydrogen-bond acceptors (Lipinski definition) is 5. The number of rotatable bonds is 2. The third-order valence-electron chi connectivity index (χ3n) is 4.02. The molecule has 0 spiro atoms. The van der Waals surface area contributed by atoms with Gasteiger partial charge in [-0.15, -0.1) is 0 Å². The molecule has 3 rings (SSSR count). The van der Waals surface area contributed by atoms with Crippen LogP contribution in [-0.2, 0) is 9.53 Å². The zero-order chi connectivity index (χ0) is 15.1. The summed E-state index contributed by atoms with van der Waals surface area (Å²) in [5.41, 5.74) is 0.969. The number of imidazole rings is 1. The highest BCUT2D eigenvalue weighted by atomic mass is 35.5. The zero-order valence-corrected chi connectivity index (χ0v) is 12.7. The van der Waals surface area contributed by atoms with E-state index in [1.807, 2.05) is 20.8 Å². The third kappa shape index (κ3) is 2.47. The fraction of sp³-hybridized carbons (Fsp3) is 0.538. The maximum absolute atomic E-state index is 12.4. The van der Waals surface area contributed by atoms with Crippen molar-refractivity contribution in [2.75, 3.05) is 5.32 Å². The molecule has 4 atom stereocenters. The van der Waals surface area contributed by atoms with Crippen molar-refractivity contribution in [3.8, 4) is 0 Å². The van der Waals surface area contributed by atoms with Crippen LogP contribution >= 0.6 is 11.6 Å². The van der Waals surface area contributed by atoms with Gasteiger partial charge >= 0.3 is 0 Å². The average Bonchev–Trinajstić information content (AvgIpc) is 2.95. The number of amides is 1. The molecule has 1 aliphatic heterocycles. The van der Waals surface area contributed by atoms with Crippen molar-refractivity contribution in [1.29, 1.82) is 0 Å². The first kappa shape index (κ1) is 14.2. The Morgan fingerprint density at radius 1 is 1.33 bits per heavy atom. The van der Waals surface area contributed by atoms with E-state index >= 15 is 0 Å². The van der Waals surface area contributed by atoms with E-state index in [9.17, 15) is 4.79 Å². The number of anilines is 1. The Morgan fingerprint density at radius 2 is 2.10 bits per heavy atom. The van der Waals surface area contributed by atoms with Gasteiger partial charge in [-0.3, -0.25) is 10.1 Å². The van der Waals surface area contributed by atoms with E-state index < -0.39 is 0 Å². The number of halogens is 1. The molecule has 21 heavy (non-hydrogen) atoms. The second-order valence-corrected chi connectivity index (χ2v) is 5.72. The Morgan fingerprint density at radius 3 is 2.76 bits per heavy atom. The molecule has 0 aromatic carbocycles. The van der Waals surface area contributed by atoms with Crippen molar-refractivity contribution in [1.82, 2.24) is 19.9 Å². The number of H-pyrrole nitrogens is 1. The molecular formula is C13H16ClN5O2. The number of carbonyl (C=O) groups excluding carboxylic acids is 1. The van der Waals surface area contributed by atoms with Crippen molar-refractivity contribution in [3.63, 3.8) is 0 Å². The van der Waals surface area contributed by atoms with Crippen LogP contribution in [0.5, 0.6) is 0 Å². The molecule has 1 saturated heterocycles. The van der Waals surface area contributed by atoms with E-state index in [4.69, 9.17) is 16.3 Å². The van der Waals surface area contributed by atoms with Gasteiger partial charge in [0, 0.05) is 0 Å². The Hall–Kier alpha value is -1.73. The number of nitrogens with zero attached hydrogens (tertiary/aromatic N) is 3. The molecule has 1 amide bonds. The Bertz CT molecular complexity index is 688.